The average molecular weight is 280 g/mol. The van der Waals surface area contributed by atoms with E-state index in [0.29, 0.717) is 12.4 Å². The van der Waals surface area contributed by atoms with Gasteiger partial charge in [-0.1, -0.05) is 0 Å². The number of rotatable bonds is 8. The summed E-state index contributed by atoms with van der Waals surface area (Å²) in [6.45, 7) is 2.10. The lowest BCUT2D eigenvalue weighted by atomic mass is 10.0. The maximum Gasteiger partial charge on any atom is 0.335 e. The molecule has 1 aromatic rings. The molecule has 0 atom stereocenters. The summed E-state index contributed by atoms with van der Waals surface area (Å²) >= 11 is 0. The van der Waals surface area contributed by atoms with E-state index in [9.17, 15) is 14.4 Å². The van der Waals surface area contributed by atoms with Crippen molar-refractivity contribution in [3.8, 4) is 5.75 Å². The molecule has 0 fully saturated rings. The highest BCUT2D eigenvalue weighted by atomic mass is 16.5. The lowest BCUT2D eigenvalue weighted by Crippen LogP contribution is -2.07. The summed E-state index contributed by atoms with van der Waals surface area (Å²) in [7, 11) is 0. The lowest BCUT2D eigenvalue weighted by molar-refractivity contribution is -0.137. The normalized spacial score (nSPS) is 10.1. The van der Waals surface area contributed by atoms with E-state index in [-0.39, 0.29) is 36.2 Å². The number of benzene rings is 1. The van der Waals surface area contributed by atoms with Crippen molar-refractivity contribution < 1.29 is 29.3 Å². The fourth-order valence-electron chi connectivity index (χ4n) is 1.70. The first-order valence-corrected chi connectivity index (χ1v) is 6.20. The van der Waals surface area contributed by atoms with Gasteiger partial charge in [0.05, 0.1) is 17.7 Å². The SMILES string of the molecule is CCOc1ccc(C(=O)O)cc1C(=O)CCCC(=O)O. The minimum Gasteiger partial charge on any atom is -0.493 e. The molecule has 0 aliphatic heterocycles. The number of aromatic carboxylic acids is 1. The third kappa shape index (κ3) is 4.38. The summed E-state index contributed by atoms with van der Waals surface area (Å²) in [5, 5.41) is 17.5. The van der Waals surface area contributed by atoms with Crippen molar-refractivity contribution in [3.63, 3.8) is 0 Å². The highest BCUT2D eigenvalue weighted by Crippen LogP contribution is 2.23. The van der Waals surface area contributed by atoms with E-state index in [2.05, 4.69) is 0 Å². The van der Waals surface area contributed by atoms with Crippen LogP contribution in [0, 0.1) is 0 Å². The van der Waals surface area contributed by atoms with Gasteiger partial charge in [0.25, 0.3) is 0 Å². The van der Waals surface area contributed by atoms with E-state index in [4.69, 9.17) is 14.9 Å². The molecule has 0 unspecified atom stereocenters. The van der Waals surface area contributed by atoms with Crippen molar-refractivity contribution in [1.82, 2.24) is 0 Å². The monoisotopic (exact) mass is 280 g/mol. The number of Topliss-reactive ketones (excluding diaryl/α,β-unsaturated/α-hetero) is 1. The molecule has 0 saturated carbocycles. The second kappa shape index (κ2) is 7.28. The summed E-state index contributed by atoms with van der Waals surface area (Å²) < 4.78 is 5.29. The van der Waals surface area contributed by atoms with Crippen molar-refractivity contribution in [2.45, 2.75) is 26.2 Å². The van der Waals surface area contributed by atoms with E-state index in [0.717, 1.165) is 0 Å². The highest BCUT2D eigenvalue weighted by Gasteiger charge is 2.16. The van der Waals surface area contributed by atoms with Crippen LogP contribution in [0.25, 0.3) is 0 Å². The minimum absolute atomic E-state index is 0.00459. The van der Waals surface area contributed by atoms with Gasteiger partial charge in [-0.05, 0) is 31.5 Å². The van der Waals surface area contributed by atoms with Crippen LogP contribution in [-0.4, -0.2) is 34.5 Å². The van der Waals surface area contributed by atoms with Gasteiger partial charge >= 0.3 is 11.9 Å². The molecule has 6 nitrogen and oxygen atoms in total. The summed E-state index contributed by atoms with van der Waals surface area (Å²) in [5.74, 6) is -2.11. The minimum atomic E-state index is -1.13. The second-order valence-corrected chi connectivity index (χ2v) is 4.12. The number of ether oxygens (including phenoxy) is 1. The number of carboxylic acid groups (broad SMARTS) is 2. The van der Waals surface area contributed by atoms with Crippen LogP contribution in [0.5, 0.6) is 5.75 Å². The van der Waals surface area contributed by atoms with Gasteiger partial charge in [0.2, 0.25) is 0 Å². The Morgan fingerprint density at radius 1 is 1.15 bits per heavy atom. The molecule has 0 aliphatic carbocycles. The van der Waals surface area contributed by atoms with Crippen molar-refractivity contribution in [2.75, 3.05) is 6.61 Å². The van der Waals surface area contributed by atoms with Crippen LogP contribution in [0.15, 0.2) is 18.2 Å². The molecule has 0 aromatic heterocycles. The maximum absolute atomic E-state index is 12.0. The number of hydrogen-bond donors (Lipinski definition) is 2. The zero-order valence-corrected chi connectivity index (χ0v) is 11.1. The van der Waals surface area contributed by atoms with E-state index in [1.54, 1.807) is 6.92 Å². The van der Waals surface area contributed by atoms with Gasteiger partial charge in [-0.15, -0.1) is 0 Å². The van der Waals surface area contributed by atoms with Crippen LogP contribution >= 0.6 is 0 Å². The van der Waals surface area contributed by atoms with Crippen molar-refractivity contribution in [3.05, 3.63) is 29.3 Å². The summed E-state index contributed by atoms with van der Waals surface area (Å²) in [6, 6.07) is 4.06. The summed E-state index contributed by atoms with van der Waals surface area (Å²) in [4.78, 5) is 33.4. The van der Waals surface area contributed by atoms with Gasteiger partial charge in [0, 0.05) is 12.8 Å². The van der Waals surface area contributed by atoms with Gasteiger partial charge in [0.1, 0.15) is 5.75 Å². The maximum atomic E-state index is 12.0. The van der Waals surface area contributed by atoms with E-state index < -0.39 is 11.9 Å². The third-order valence-electron chi connectivity index (χ3n) is 2.62. The Morgan fingerprint density at radius 2 is 1.85 bits per heavy atom. The quantitative estimate of drug-likeness (QED) is 0.708. The first kappa shape index (κ1) is 15.7. The molecule has 1 aromatic carbocycles. The number of carboxylic acids is 2. The van der Waals surface area contributed by atoms with Crippen LogP contribution in [0.3, 0.4) is 0 Å². The summed E-state index contributed by atoms with van der Waals surface area (Å²) in [5.41, 5.74) is 0.173. The molecule has 0 aliphatic rings. The smallest absolute Gasteiger partial charge is 0.335 e. The Hall–Kier alpha value is -2.37. The molecule has 0 bridgehead atoms. The Balaban J connectivity index is 2.93. The van der Waals surface area contributed by atoms with Crippen LogP contribution in [0.4, 0.5) is 0 Å². The van der Waals surface area contributed by atoms with E-state index >= 15 is 0 Å². The zero-order chi connectivity index (χ0) is 15.1. The largest absolute Gasteiger partial charge is 0.493 e. The number of ketones is 1. The van der Waals surface area contributed by atoms with Crippen molar-refractivity contribution >= 4 is 17.7 Å². The van der Waals surface area contributed by atoms with Crippen molar-refractivity contribution in [1.29, 1.82) is 0 Å². The molecule has 0 saturated heterocycles. The van der Waals surface area contributed by atoms with Crippen LogP contribution in [-0.2, 0) is 4.79 Å². The van der Waals surface area contributed by atoms with Gasteiger partial charge in [-0.3, -0.25) is 9.59 Å². The number of carbonyl (C=O) groups is 3. The fraction of sp³-hybridized carbons (Fsp3) is 0.357. The van der Waals surface area contributed by atoms with Crippen LogP contribution in [0.1, 0.15) is 46.9 Å². The summed E-state index contributed by atoms with van der Waals surface area (Å²) in [6.07, 6.45) is 0.140. The number of aliphatic carboxylic acids is 1. The van der Waals surface area contributed by atoms with E-state index in [1.165, 1.54) is 18.2 Å². The Bertz CT molecular complexity index is 520. The molecule has 0 spiro atoms. The highest BCUT2D eigenvalue weighted by molar-refractivity contribution is 6.01. The molecule has 0 amide bonds. The molecular formula is C14H16O6. The molecule has 1 rings (SSSR count). The molecule has 6 heteroatoms. The van der Waals surface area contributed by atoms with Crippen LogP contribution in [0.2, 0.25) is 0 Å². The number of carbonyl (C=O) groups excluding carboxylic acids is 1. The van der Waals surface area contributed by atoms with Crippen LogP contribution < -0.4 is 4.74 Å². The number of hydrogen-bond acceptors (Lipinski definition) is 4. The zero-order valence-electron chi connectivity index (χ0n) is 11.1. The fourth-order valence-corrected chi connectivity index (χ4v) is 1.70. The van der Waals surface area contributed by atoms with Gasteiger partial charge in [-0.2, -0.15) is 0 Å². The molecule has 2 N–H and O–H groups in total. The van der Waals surface area contributed by atoms with E-state index in [1.807, 2.05) is 0 Å². The third-order valence-corrected chi connectivity index (χ3v) is 2.62. The van der Waals surface area contributed by atoms with Gasteiger partial charge < -0.3 is 14.9 Å². The average Bonchev–Trinajstić information content (AvgIpc) is 2.38. The first-order valence-electron chi connectivity index (χ1n) is 6.20. The van der Waals surface area contributed by atoms with Crippen molar-refractivity contribution in [2.24, 2.45) is 0 Å². The predicted octanol–water partition coefficient (Wildman–Crippen LogP) is 2.22. The van der Waals surface area contributed by atoms with Gasteiger partial charge in [0.15, 0.2) is 5.78 Å². The predicted molar refractivity (Wildman–Crippen MR) is 70.4 cm³/mol. The Labute approximate surface area is 116 Å². The lowest BCUT2D eigenvalue weighted by Gasteiger charge is -2.10. The molecule has 20 heavy (non-hydrogen) atoms. The van der Waals surface area contributed by atoms with Gasteiger partial charge in [-0.25, -0.2) is 4.79 Å². The topological polar surface area (TPSA) is 101 Å². The second-order valence-electron chi connectivity index (χ2n) is 4.12. The Kier molecular flexibility index (Phi) is 5.71. The standard InChI is InChI=1S/C14H16O6/c1-2-20-12-7-6-9(14(18)19)8-10(12)11(15)4-3-5-13(16)17/h6-8H,2-5H2,1H3,(H,16,17)(H,18,19). The molecule has 108 valence electrons. The first-order chi connectivity index (χ1) is 9.45. The molecule has 0 radical (unpaired) electrons. The molecular weight excluding hydrogens is 264 g/mol. The molecule has 0 heterocycles. The Morgan fingerprint density at radius 3 is 2.40 bits per heavy atom.